The molecule has 0 amide bonds. The second-order valence-corrected chi connectivity index (χ2v) is 5.61. The summed E-state index contributed by atoms with van der Waals surface area (Å²) >= 11 is 0. The van der Waals surface area contributed by atoms with Crippen LogP contribution in [0.5, 0.6) is 5.75 Å². The van der Waals surface area contributed by atoms with Crippen molar-refractivity contribution in [2.75, 3.05) is 0 Å². The number of nitrogens with zero attached hydrogens (tertiary/aromatic N) is 2. The summed E-state index contributed by atoms with van der Waals surface area (Å²) in [6.07, 6.45) is 0. The first-order valence-electron chi connectivity index (χ1n) is 6.07. The van der Waals surface area contributed by atoms with E-state index in [1.807, 2.05) is 20.8 Å². The molecule has 0 aliphatic rings. The predicted octanol–water partition coefficient (Wildman–Crippen LogP) is 3.74. The van der Waals surface area contributed by atoms with Gasteiger partial charge in [0.2, 0.25) is 0 Å². The van der Waals surface area contributed by atoms with Gasteiger partial charge in [-0.1, -0.05) is 0 Å². The minimum atomic E-state index is -1.10. The molecule has 1 heterocycles. The Morgan fingerprint density at radius 1 is 1.10 bits per heavy atom. The Kier molecular flexibility index (Phi) is 3.28. The van der Waals surface area contributed by atoms with E-state index in [0.29, 0.717) is 17.8 Å². The van der Waals surface area contributed by atoms with Crippen LogP contribution in [0.4, 0.5) is 13.2 Å². The van der Waals surface area contributed by atoms with Gasteiger partial charge in [0.05, 0.1) is 16.8 Å². The largest absolute Gasteiger partial charge is 0.504 e. The number of benzene rings is 1. The maximum Gasteiger partial charge on any atom is 0.164 e. The zero-order chi connectivity index (χ0) is 15.2. The van der Waals surface area contributed by atoms with Crippen LogP contribution in [0.2, 0.25) is 0 Å². The van der Waals surface area contributed by atoms with E-state index in [0.717, 1.165) is 0 Å². The van der Waals surface area contributed by atoms with Crippen LogP contribution in [0.15, 0.2) is 12.1 Å². The van der Waals surface area contributed by atoms with Gasteiger partial charge in [-0.25, -0.2) is 13.2 Å². The number of aromatic nitrogens is 2. The lowest BCUT2D eigenvalue weighted by atomic mass is 10.1. The third-order valence-corrected chi connectivity index (χ3v) is 2.96. The molecule has 0 saturated carbocycles. The molecule has 0 spiro atoms. The summed E-state index contributed by atoms with van der Waals surface area (Å²) in [5.41, 5.74) is -0.842. The van der Waals surface area contributed by atoms with Crippen LogP contribution in [-0.4, -0.2) is 14.9 Å². The Morgan fingerprint density at radius 2 is 1.60 bits per heavy atom. The average molecular weight is 284 g/mol. The zero-order valence-corrected chi connectivity index (χ0v) is 11.6. The first-order chi connectivity index (χ1) is 9.12. The summed E-state index contributed by atoms with van der Waals surface area (Å²) < 4.78 is 42.0. The molecule has 2 rings (SSSR count). The van der Waals surface area contributed by atoms with Crippen molar-refractivity contribution >= 4 is 0 Å². The zero-order valence-electron chi connectivity index (χ0n) is 11.6. The highest BCUT2D eigenvalue weighted by atomic mass is 19.1. The standard InChI is InChI=1S/C14H15F3N2O/c1-7-13(20)12(18-19(7)14(2,3)4)11-9(16)5-8(15)6-10(11)17/h5-6,20H,1-4H3. The molecule has 1 aromatic heterocycles. The summed E-state index contributed by atoms with van der Waals surface area (Å²) in [5, 5.41) is 14.1. The second-order valence-electron chi connectivity index (χ2n) is 5.61. The molecule has 6 heteroatoms. The Labute approximate surface area is 114 Å². The fourth-order valence-electron chi connectivity index (χ4n) is 2.08. The minimum Gasteiger partial charge on any atom is -0.504 e. The quantitative estimate of drug-likeness (QED) is 0.866. The molecule has 0 atom stereocenters. The molecule has 0 fully saturated rings. The molecule has 3 nitrogen and oxygen atoms in total. The monoisotopic (exact) mass is 284 g/mol. The summed E-state index contributed by atoms with van der Waals surface area (Å²) in [7, 11) is 0. The van der Waals surface area contributed by atoms with Crippen LogP contribution in [0, 0.1) is 24.4 Å². The molecule has 1 aromatic carbocycles. The van der Waals surface area contributed by atoms with Crippen LogP contribution < -0.4 is 0 Å². The SMILES string of the molecule is Cc1c(O)c(-c2c(F)cc(F)cc2F)nn1C(C)(C)C. The Hall–Kier alpha value is -1.98. The number of rotatable bonds is 1. The molecule has 20 heavy (non-hydrogen) atoms. The number of aromatic hydroxyl groups is 1. The van der Waals surface area contributed by atoms with E-state index in [1.54, 1.807) is 6.92 Å². The van der Waals surface area contributed by atoms with Crippen molar-refractivity contribution in [3.8, 4) is 17.0 Å². The molecule has 0 radical (unpaired) electrons. The lowest BCUT2D eigenvalue weighted by Gasteiger charge is -2.20. The van der Waals surface area contributed by atoms with E-state index in [9.17, 15) is 18.3 Å². The molecule has 0 aliphatic carbocycles. The van der Waals surface area contributed by atoms with Gasteiger partial charge < -0.3 is 5.11 Å². The van der Waals surface area contributed by atoms with Crippen molar-refractivity contribution in [1.82, 2.24) is 9.78 Å². The summed E-state index contributed by atoms with van der Waals surface area (Å²) in [6.45, 7) is 7.12. The molecule has 0 saturated heterocycles. The molecular weight excluding hydrogens is 269 g/mol. The average Bonchev–Trinajstić information content (AvgIpc) is 2.55. The third kappa shape index (κ3) is 2.26. The lowest BCUT2D eigenvalue weighted by molar-refractivity contribution is 0.345. The van der Waals surface area contributed by atoms with Crippen molar-refractivity contribution in [3.05, 3.63) is 35.3 Å². The van der Waals surface area contributed by atoms with Crippen LogP contribution in [-0.2, 0) is 5.54 Å². The fourth-order valence-corrected chi connectivity index (χ4v) is 2.08. The summed E-state index contributed by atoms with van der Waals surface area (Å²) in [4.78, 5) is 0. The number of halogens is 3. The molecule has 1 N–H and O–H groups in total. The number of hydrogen-bond acceptors (Lipinski definition) is 2. The maximum atomic E-state index is 13.8. The molecular formula is C14H15F3N2O. The van der Waals surface area contributed by atoms with Crippen molar-refractivity contribution in [3.63, 3.8) is 0 Å². The Balaban J connectivity index is 2.72. The van der Waals surface area contributed by atoms with Gasteiger partial charge in [0.25, 0.3) is 0 Å². The van der Waals surface area contributed by atoms with E-state index >= 15 is 0 Å². The van der Waals surface area contributed by atoms with Gasteiger partial charge in [-0.2, -0.15) is 5.10 Å². The highest BCUT2D eigenvalue weighted by Crippen LogP contribution is 2.36. The van der Waals surface area contributed by atoms with Crippen LogP contribution >= 0.6 is 0 Å². The molecule has 0 bridgehead atoms. The van der Waals surface area contributed by atoms with E-state index in [-0.39, 0.29) is 11.4 Å². The smallest absolute Gasteiger partial charge is 0.164 e. The lowest BCUT2D eigenvalue weighted by Crippen LogP contribution is -2.24. The molecule has 0 unspecified atom stereocenters. The van der Waals surface area contributed by atoms with Gasteiger partial charge in [-0.05, 0) is 27.7 Å². The van der Waals surface area contributed by atoms with Gasteiger partial charge in [-0.3, -0.25) is 4.68 Å². The molecule has 108 valence electrons. The minimum absolute atomic E-state index is 0.229. The highest BCUT2D eigenvalue weighted by molar-refractivity contribution is 5.68. The normalized spacial score (nSPS) is 11.9. The predicted molar refractivity (Wildman–Crippen MR) is 68.9 cm³/mol. The van der Waals surface area contributed by atoms with E-state index in [2.05, 4.69) is 5.10 Å². The maximum absolute atomic E-state index is 13.8. The Morgan fingerprint density at radius 3 is 2.00 bits per heavy atom. The highest BCUT2D eigenvalue weighted by Gasteiger charge is 2.26. The van der Waals surface area contributed by atoms with Gasteiger partial charge >= 0.3 is 0 Å². The van der Waals surface area contributed by atoms with E-state index in [4.69, 9.17) is 0 Å². The van der Waals surface area contributed by atoms with E-state index < -0.39 is 28.6 Å². The number of hydrogen-bond donors (Lipinski definition) is 1. The molecule has 0 aliphatic heterocycles. The van der Waals surface area contributed by atoms with Gasteiger partial charge in [-0.15, -0.1) is 0 Å². The van der Waals surface area contributed by atoms with Gasteiger partial charge in [0.15, 0.2) is 5.75 Å². The topological polar surface area (TPSA) is 38.1 Å². The first-order valence-corrected chi connectivity index (χ1v) is 6.07. The van der Waals surface area contributed by atoms with Crippen molar-refractivity contribution in [1.29, 1.82) is 0 Å². The van der Waals surface area contributed by atoms with Gasteiger partial charge in [0.1, 0.15) is 23.1 Å². The van der Waals surface area contributed by atoms with Crippen molar-refractivity contribution in [2.24, 2.45) is 0 Å². The van der Waals surface area contributed by atoms with E-state index in [1.165, 1.54) is 4.68 Å². The van der Waals surface area contributed by atoms with Crippen LogP contribution in [0.3, 0.4) is 0 Å². The van der Waals surface area contributed by atoms with Gasteiger partial charge in [0, 0.05) is 12.1 Å². The fraction of sp³-hybridized carbons (Fsp3) is 0.357. The second kappa shape index (κ2) is 4.54. The third-order valence-electron chi connectivity index (χ3n) is 2.96. The van der Waals surface area contributed by atoms with Crippen LogP contribution in [0.1, 0.15) is 26.5 Å². The van der Waals surface area contributed by atoms with Crippen molar-refractivity contribution in [2.45, 2.75) is 33.2 Å². The first kappa shape index (κ1) is 14.4. The van der Waals surface area contributed by atoms with Crippen LogP contribution in [0.25, 0.3) is 11.3 Å². The molecule has 2 aromatic rings. The summed E-state index contributed by atoms with van der Waals surface area (Å²) in [5.74, 6) is -3.53. The van der Waals surface area contributed by atoms with Crippen molar-refractivity contribution < 1.29 is 18.3 Å². The summed E-state index contributed by atoms with van der Waals surface area (Å²) in [6, 6.07) is 1.12. The Bertz CT molecular complexity index is 649.